The molecule has 0 fully saturated rings. The van der Waals surface area contributed by atoms with E-state index in [4.69, 9.17) is 11.5 Å². The molecule has 0 spiro atoms. The van der Waals surface area contributed by atoms with E-state index < -0.39 is 5.56 Å². The Hall–Kier alpha value is -2.88. The van der Waals surface area contributed by atoms with Gasteiger partial charge in [-0.15, -0.1) is 11.3 Å². The van der Waals surface area contributed by atoms with Crippen molar-refractivity contribution < 1.29 is 0 Å². The number of nitriles is 2. The summed E-state index contributed by atoms with van der Waals surface area (Å²) in [5, 5.41) is 19.8. The minimum atomic E-state index is -0.562. The third-order valence-corrected chi connectivity index (χ3v) is 6.53. The average Bonchev–Trinajstić information content (AvgIpc) is 3.16. The molecule has 0 unspecified atom stereocenters. The monoisotopic (exact) mass is 368 g/mol. The predicted molar refractivity (Wildman–Crippen MR) is 98.0 cm³/mol. The lowest BCUT2D eigenvalue weighted by atomic mass is 9.96. The highest BCUT2D eigenvalue weighted by Gasteiger charge is 2.26. The van der Waals surface area contributed by atoms with Gasteiger partial charge in [0, 0.05) is 4.88 Å². The van der Waals surface area contributed by atoms with Crippen molar-refractivity contribution >= 4 is 43.8 Å². The van der Waals surface area contributed by atoms with Gasteiger partial charge in [0.05, 0.1) is 16.0 Å². The number of hydrogen-bond donors (Lipinski definition) is 2. The minimum absolute atomic E-state index is 0.0905. The number of hydrogen-bond acceptors (Lipinski definition) is 8. The van der Waals surface area contributed by atoms with Gasteiger partial charge in [-0.1, -0.05) is 11.3 Å². The van der Waals surface area contributed by atoms with Crippen LogP contribution in [0.1, 0.15) is 34.4 Å². The Morgan fingerprint density at radius 2 is 1.80 bits per heavy atom. The normalized spacial score (nSPS) is 13.4. The van der Waals surface area contributed by atoms with Gasteiger partial charge in [-0.25, -0.2) is 9.55 Å². The molecule has 0 aromatic carbocycles. The number of nitrogen functional groups attached to an aromatic ring is 2. The van der Waals surface area contributed by atoms with Crippen LogP contribution in [0, 0.1) is 22.7 Å². The molecule has 7 nitrogen and oxygen atoms in total. The molecule has 0 atom stereocenters. The number of fused-ring (bicyclic) bond motifs is 2. The fourth-order valence-corrected chi connectivity index (χ4v) is 5.33. The summed E-state index contributed by atoms with van der Waals surface area (Å²) >= 11 is 2.54. The number of aromatic nitrogens is 2. The third kappa shape index (κ3) is 2.14. The highest BCUT2D eigenvalue weighted by atomic mass is 32.1. The molecule has 25 heavy (non-hydrogen) atoms. The molecule has 0 saturated carbocycles. The van der Waals surface area contributed by atoms with Gasteiger partial charge in [0.25, 0.3) is 5.56 Å². The van der Waals surface area contributed by atoms with Gasteiger partial charge in [0.15, 0.2) is 10.8 Å². The van der Waals surface area contributed by atoms with Gasteiger partial charge < -0.3 is 11.5 Å². The fourth-order valence-electron chi connectivity index (χ4n) is 3.21. The van der Waals surface area contributed by atoms with E-state index in [1.165, 1.54) is 15.9 Å². The number of nitrogens with zero attached hydrogens (tertiary/aromatic N) is 4. The van der Waals surface area contributed by atoms with Crippen molar-refractivity contribution in [1.82, 2.24) is 9.55 Å². The molecule has 0 bridgehead atoms. The van der Waals surface area contributed by atoms with Crippen LogP contribution in [-0.2, 0) is 12.8 Å². The van der Waals surface area contributed by atoms with E-state index in [0.29, 0.717) is 20.9 Å². The van der Waals surface area contributed by atoms with Crippen LogP contribution in [0.3, 0.4) is 0 Å². The van der Waals surface area contributed by atoms with Crippen LogP contribution in [0.2, 0.25) is 0 Å². The molecule has 0 radical (unpaired) electrons. The Kier molecular flexibility index (Phi) is 3.49. The number of thiazole rings is 1. The van der Waals surface area contributed by atoms with Gasteiger partial charge in [0.2, 0.25) is 0 Å². The lowest BCUT2D eigenvalue weighted by molar-refractivity contribution is 0.695. The Bertz CT molecular complexity index is 1170. The zero-order valence-corrected chi connectivity index (χ0v) is 14.6. The number of pyridine rings is 1. The van der Waals surface area contributed by atoms with Crippen molar-refractivity contribution in [1.29, 1.82) is 10.5 Å². The summed E-state index contributed by atoms with van der Waals surface area (Å²) in [6.45, 7) is 0. The summed E-state index contributed by atoms with van der Waals surface area (Å²) in [6.07, 6.45) is 3.81. The van der Waals surface area contributed by atoms with Crippen LogP contribution in [0.25, 0.3) is 15.3 Å². The molecule has 1 aliphatic rings. The van der Waals surface area contributed by atoms with Crippen LogP contribution in [0.15, 0.2) is 4.79 Å². The number of thiophene rings is 1. The Morgan fingerprint density at radius 3 is 2.52 bits per heavy atom. The molecule has 9 heteroatoms. The van der Waals surface area contributed by atoms with E-state index in [1.807, 2.05) is 6.07 Å². The lowest BCUT2D eigenvalue weighted by Gasteiger charge is -2.09. The molecule has 0 amide bonds. The van der Waals surface area contributed by atoms with E-state index >= 15 is 0 Å². The van der Waals surface area contributed by atoms with Crippen molar-refractivity contribution in [2.24, 2.45) is 0 Å². The first kappa shape index (κ1) is 15.6. The Labute approximate surface area is 150 Å². The van der Waals surface area contributed by atoms with Gasteiger partial charge >= 0.3 is 0 Å². The zero-order valence-electron chi connectivity index (χ0n) is 13.0. The zero-order chi connectivity index (χ0) is 17.7. The summed E-state index contributed by atoms with van der Waals surface area (Å²) in [7, 11) is 0. The first-order chi connectivity index (χ1) is 12.1. The van der Waals surface area contributed by atoms with Crippen molar-refractivity contribution in [2.45, 2.75) is 25.7 Å². The molecule has 4 rings (SSSR count). The largest absolute Gasteiger partial charge is 0.396 e. The van der Waals surface area contributed by atoms with E-state index in [0.717, 1.165) is 47.5 Å². The molecule has 3 aromatic rings. The van der Waals surface area contributed by atoms with Crippen LogP contribution in [0.4, 0.5) is 10.8 Å². The van der Waals surface area contributed by atoms with Crippen LogP contribution >= 0.6 is 22.7 Å². The predicted octanol–water partition coefficient (Wildman–Crippen LogP) is 2.30. The first-order valence-corrected chi connectivity index (χ1v) is 9.25. The van der Waals surface area contributed by atoms with E-state index in [2.05, 4.69) is 11.1 Å². The fraction of sp³-hybridized carbons (Fsp3) is 0.250. The van der Waals surface area contributed by atoms with E-state index in [-0.39, 0.29) is 16.4 Å². The molecular weight excluding hydrogens is 356 g/mol. The summed E-state index contributed by atoms with van der Waals surface area (Å²) in [5.41, 5.74) is 13.0. The smallest absolute Gasteiger partial charge is 0.277 e. The quantitative estimate of drug-likeness (QED) is 0.676. The van der Waals surface area contributed by atoms with E-state index in [1.54, 1.807) is 0 Å². The summed E-state index contributed by atoms with van der Waals surface area (Å²) in [5.74, 6) is 0. The van der Waals surface area contributed by atoms with Gasteiger partial charge in [0.1, 0.15) is 22.7 Å². The van der Waals surface area contributed by atoms with Crippen molar-refractivity contribution in [3.63, 3.8) is 0 Å². The highest BCUT2D eigenvalue weighted by molar-refractivity contribution is 7.22. The molecule has 0 saturated heterocycles. The van der Waals surface area contributed by atoms with Crippen LogP contribution < -0.4 is 17.0 Å². The maximum atomic E-state index is 12.9. The second kappa shape index (κ2) is 5.59. The number of anilines is 2. The first-order valence-electron chi connectivity index (χ1n) is 7.62. The third-order valence-electron chi connectivity index (χ3n) is 4.35. The molecule has 1 aliphatic carbocycles. The number of nitrogens with two attached hydrogens (primary N) is 2. The maximum absolute atomic E-state index is 12.9. The maximum Gasteiger partial charge on any atom is 0.277 e. The second-order valence-electron chi connectivity index (χ2n) is 5.75. The summed E-state index contributed by atoms with van der Waals surface area (Å²) < 4.78 is 1.82. The number of aryl methyl sites for hydroxylation is 1. The standard InChI is InChI=1S/C16H12N6OS2/c17-5-8-7-3-1-2-4-10(7)24-15(8)22-13-12(25-16(20)21-13)11(19)9(6-18)14(22)23/h1-4,19H2,(H2,20,21). The summed E-state index contributed by atoms with van der Waals surface area (Å²) in [6, 6.07) is 4.11. The topological polar surface area (TPSA) is 135 Å². The van der Waals surface area contributed by atoms with Gasteiger partial charge in [-0.05, 0) is 31.2 Å². The molecular formula is C16H12N6OS2. The lowest BCUT2D eigenvalue weighted by Crippen LogP contribution is -2.23. The van der Waals surface area contributed by atoms with Gasteiger partial charge in [-0.3, -0.25) is 4.79 Å². The molecule has 3 aromatic heterocycles. The number of rotatable bonds is 1. The second-order valence-corrected chi connectivity index (χ2v) is 7.86. The average molecular weight is 368 g/mol. The van der Waals surface area contributed by atoms with Crippen molar-refractivity contribution in [3.8, 4) is 17.1 Å². The van der Waals surface area contributed by atoms with Crippen molar-refractivity contribution in [2.75, 3.05) is 11.5 Å². The SMILES string of the molecule is N#Cc1c(-n2c(=O)c(C#N)c(N)c3sc(N)nc32)sc2c1CCCC2. The van der Waals surface area contributed by atoms with Crippen LogP contribution in [0.5, 0.6) is 0 Å². The Morgan fingerprint density at radius 1 is 1.08 bits per heavy atom. The van der Waals surface area contributed by atoms with Crippen molar-refractivity contribution in [3.05, 3.63) is 31.9 Å². The highest BCUT2D eigenvalue weighted by Crippen LogP contribution is 2.38. The molecule has 124 valence electrons. The Balaban J connectivity index is 2.16. The molecule has 4 N–H and O–H groups in total. The molecule has 0 aliphatic heterocycles. The summed E-state index contributed by atoms with van der Waals surface area (Å²) in [4.78, 5) is 18.3. The van der Waals surface area contributed by atoms with E-state index in [9.17, 15) is 15.3 Å². The van der Waals surface area contributed by atoms with Gasteiger partial charge in [-0.2, -0.15) is 10.5 Å². The van der Waals surface area contributed by atoms with Crippen LogP contribution in [-0.4, -0.2) is 9.55 Å². The molecule has 3 heterocycles. The minimum Gasteiger partial charge on any atom is -0.396 e.